The molecule has 0 heterocycles. The fraction of sp³-hybridized carbons (Fsp3) is 0.467. The van der Waals surface area contributed by atoms with Gasteiger partial charge in [-0.15, -0.1) is 0 Å². The largest absolute Gasteiger partial charge is 0.340 e. The molecule has 0 bridgehead atoms. The van der Waals surface area contributed by atoms with Crippen molar-refractivity contribution in [2.75, 3.05) is 13.1 Å². The minimum absolute atomic E-state index is 0.116. The monoisotopic (exact) mass is 259 g/mol. The highest BCUT2D eigenvalue weighted by Crippen LogP contribution is 2.14. The lowest BCUT2D eigenvalue weighted by atomic mass is 10.1. The summed E-state index contributed by atoms with van der Waals surface area (Å²) in [5, 5.41) is 8.67. The highest BCUT2D eigenvalue weighted by atomic mass is 16.2. The van der Waals surface area contributed by atoms with Crippen LogP contribution in [0.5, 0.6) is 0 Å². The van der Waals surface area contributed by atoms with Gasteiger partial charge in [0.05, 0.1) is 12.5 Å². The molecule has 0 fully saturated rings. The summed E-state index contributed by atoms with van der Waals surface area (Å²) in [6.07, 6.45) is 0.333. The van der Waals surface area contributed by atoms with Gasteiger partial charge in [-0.3, -0.25) is 4.79 Å². The van der Waals surface area contributed by atoms with E-state index < -0.39 is 6.04 Å². The van der Waals surface area contributed by atoms with Crippen LogP contribution in [0.15, 0.2) is 30.3 Å². The van der Waals surface area contributed by atoms with Crippen LogP contribution in [-0.2, 0) is 4.79 Å². The lowest BCUT2D eigenvalue weighted by Crippen LogP contribution is -2.41. The zero-order chi connectivity index (χ0) is 14.3. The minimum Gasteiger partial charge on any atom is -0.340 e. The lowest BCUT2D eigenvalue weighted by Gasteiger charge is -2.26. The quantitative estimate of drug-likeness (QED) is 0.850. The predicted molar refractivity (Wildman–Crippen MR) is 75.0 cm³/mol. The summed E-state index contributed by atoms with van der Waals surface area (Å²) in [6.45, 7) is 5.15. The lowest BCUT2D eigenvalue weighted by molar-refractivity contribution is -0.133. The highest BCUT2D eigenvalue weighted by Gasteiger charge is 2.22. The van der Waals surface area contributed by atoms with Crippen LogP contribution in [0.4, 0.5) is 0 Å². The molecule has 19 heavy (non-hydrogen) atoms. The predicted octanol–water partition coefficient (Wildman–Crippen LogP) is 2.08. The Labute approximate surface area is 114 Å². The van der Waals surface area contributed by atoms with E-state index in [2.05, 4.69) is 6.07 Å². The Morgan fingerprint density at radius 1 is 1.37 bits per heavy atom. The zero-order valence-corrected chi connectivity index (χ0v) is 11.5. The molecule has 0 aliphatic carbocycles. The first-order valence-corrected chi connectivity index (χ1v) is 6.52. The summed E-state index contributed by atoms with van der Waals surface area (Å²) in [7, 11) is 0. The Morgan fingerprint density at radius 2 is 2.00 bits per heavy atom. The molecule has 1 rings (SSSR count). The van der Waals surface area contributed by atoms with E-state index in [0.29, 0.717) is 25.4 Å². The molecule has 0 saturated carbocycles. The minimum atomic E-state index is -0.654. The van der Waals surface area contributed by atoms with Gasteiger partial charge in [0, 0.05) is 13.1 Å². The Hall–Kier alpha value is -1.86. The summed E-state index contributed by atoms with van der Waals surface area (Å²) in [4.78, 5) is 14.1. The molecule has 0 aliphatic rings. The molecular weight excluding hydrogens is 238 g/mol. The van der Waals surface area contributed by atoms with Gasteiger partial charge in [0.25, 0.3) is 0 Å². The molecule has 2 N–H and O–H groups in total. The van der Waals surface area contributed by atoms with E-state index >= 15 is 0 Å². The molecular formula is C15H21N3O. The van der Waals surface area contributed by atoms with Crippen molar-refractivity contribution in [2.45, 2.75) is 26.3 Å². The Morgan fingerprint density at radius 3 is 2.53 bits per heavy atom. The number of amides is 1. The maximum absolute atomic E-state index is 12.4. The van der Waals surface area contributed by atoms with Crippen molar-refractivity contribution in [3.63, 3.8) is 0 Å². The van der Waals surface area contributed by atoms with Crippen LogP contribution in [0.3, 0.4) is 0 Å². The first kappa shape index (κ1) is 15.2. The van der Waals surface area contributed by atoms with Gasteiger partial charge in [0.2, 0.25) is 5.91 Å². The van der Waals surface area contributed by atoms with Gasteiger partial charge >= 0.3 is 0 Å². The second kappa shape index (κ2) is 7.55. The number of hydrogen-bond donors (Lipinski definition) is 1. The van der Waals surface area contributed by atoms with Crippen LogP contribution in [0, 0.1) is 17.2 Å². The molecule has 0 aliphatic heterocycles. The number of benzene rings is 1. The zero-order valence-electron chi connectivity index (χ0n) is 11.5. The number of carbonyl (C=O) groups is 1. The molecule has 1 amide bonds. The number of nitriles is 1. The van der Waals surface area contributed by atoms with E-state index in [1.807, 2.05) is 44.2 Å². The van der Waals surface area contributed by atoms with Crippen LogP contribution >= 0.6 is 0 Å². The van der Waals surface area contributed by atoms with Gasteiger partial charge in [-0.05, 0) is 11.5 Å². The van der Waals surface area contributed by atoms with E-state index in [4.69, 9.17) is 11.0 Å². The molecule has 102 valence electrons. The SMILES string of the molecule is CC(C)CN(CCC#N)C(=O)[C@@H](N)c1ccccc1. The normalized spacial score (nSPS) is 11.9. The van der Waals surface area contributed by atoms with Gasteiger partial charge in [0.1, 0.15) is 6.04 Å². The van der Waals surface area contributed by atoms with Crippen molar-refractivity contribution >= 4 is 5.91 Å². The van der Waals surface area contributed by atoms with E-state index in [0.717, 1.165) is 5.56 Å². The Kier molecular flexibility index (Phi) is 6.04. The van der Waals surface area contributed by atoms with Gasteiger partial charge in [-0.25, -0.2) is 0 Å². The average molecular weight is 259 g/mol. The first-order chi connectivity index (χ1) is 9.06. The summed E-state index contributed by atoms with van der Waals surface area (Å²) in [5.74, 6) is 0.237. The number of nitrogens with zero attached hydrogens (tertiary/aromatic N) is 2. The van der Waals surface area contributed by atoms with Crippen molar-refractivity contribution in [1.29, 1.82) is 5.26 Å². The third-order valence-electron chi connectivity index (χ3n) is 2.82. The average Bonchev–Trinajstić information content (AvgIpc) is 2.42. The molecule has 0 aromatic heterocycles. The maximum atomic E-state index is 12.4. The number of carbonyl (C=O) groups excluding carboxylic acids is 1. The Bertz CT molecular complexity index is 436. The molecule has 4 nitrogen and oxygen atoms in total. The molecule has 1 atom stereocenters. The number of rotatable bonds is 6. The molecule has 1 aromatic carbocycles. The summed E-state index contributed by atoms with van der Waals surface area (Å²) in [5.41, 5.74) is 6.82. The highest BCUT2D eigenvalue weighted by molar-refractivity contribution is 5.83. The van der Waals surface area contributed by atoms with E-state index in [1.54, 1.807) is 4.90 Å². The first-order valence-electron chi connectivity index (χ1n) is 6.52. The van der Waals surface area contributed by atoms with Gasteiger partial charge < -0.3 is 10.6 Å². The Balaban J connectivity index is 2.78. The van der Waals surface area contributed by atoms with Crippen molar-refractivity contribution in [3.8, 4) is 6.07 Å². The van der Waals surface area contributed by atoms with Crippen LogP contribution in [0.25, 0.3) is 0 Å². The van der Waals surface area contributed by atoms with Crippen molar-refractivity contribution in [2.24, 2.45) is 11.7 Å². The molecule has 0 saturated heterocycles. The van der Waals surface area contributed by atoms with E-state index in [-0.39, 0.29) is 5.91 Å². The van der Waals surface area contributed by atoms with E-state index in [1.165, 1.54) is 0 Å². The number of nitrogens with two attached hydrogens (primary N) is 1. The number of hydrogen-bond acceptors (Lipinski definition) is 3. The molecule has 0 radical (unpaired) electrons. The molecule has 1 aromatic rings. The molecule has 4 heteroatoms. The summed E-state index contributed by atoms with van der Waals surface area (Å²) >= 11 is 0. The topological polar surface area (TPSA) is 70.1 Å². The second-order valence-electron chi connectivity index (χ2n) is 4.97. The van der Waals surface area contributed by atoms with Crippen molar-refractivity contribution < 1.29 is 4.79 Å². The van der Waals surface area contributed by atoms with Crippen molar-refractivity contribution in [3.05, 3.63) is 35.9 Å². The van der Waals surface area contributed by atoms with Gasteiger partial charge in [-0.1, -0.05) is 44.2 Å². The van der Waals surface area contributed by atoms with E-state index in [9.17, 15) is 4.79 Å². The molecule has 0 unspecified atom stereocenters. The fourth-order valence-electron chi connectivity index (χ4n) is 1.92. The summed E-state index contributed by atoms with van der Waals surface area (Å²) in [6, 6.07) is 10.7. The summed E-state index contributed by atoms with van der Waals surface area (Å²) < 4.78 is 0. The third kappa shape index (κ3) is 4.72. The van der Waals surface area contributed by atoms with Crippen LogP contribution < -0.4 is 5.73 Å². The standard InChI is InChI=1S/C15H21N3O/c1-12(2)11-18(10-6-9-16)15(19)14(17)13-7-4-3-5-8-13/h3-5,7-8,12,14H,6,10-11,17H2,1-2H3/t14-/m0/s1. The van der Waals surface area contributed by atoms with Gasteiger partial charge in [-0.2, -0.15) is 5.26 Å². The third-order valence-corrected chi connectivity index (χ3v) is 2.82. The van der Waals surface area contributed by atoms with Gasteiger partial charge in [0.15, 0.2) is 0 Å². The van der Waals surface area contributed by atoms with Crippen LogP contribution in [-0.4, -0.2) is 23.9 Å². The van der Waals surface area contributed by atoms with Crippen molar-refractivity contribution in [1.82, 2.24) is 4.90 Å². The van der Waals surface area contributed by atoms with Crippen LogP contribution in [0.2, 0.25) is 0 Å². The second-order valence-corrected chi connectivity index (χ2v) is 4.97. The maximum Gasteiger partial charge on any atom is 0.244 e. The van der Waals surface area contributed by atoms with Crippen LogP contribution in [0.1, 0.15) is 31.9 Å². The smallest absolute Gasteiger partial charge is 0.244 e. The fourth-order valence-corrected chi connectivity index (χ4v) is 1.92. The molecule has 0 spiro atoms.